The molecule has 1 fully saturated rings. The van der Waals surface area contributed by atoms with E-state index in [1.807, 2.05) is 0 Å². The van der Waals surface area contributed by atoms with Crippen LogP contribution in [-0.4, -0.2) is 47.2 Å². The molecule has 1 aliphatic rings. The van der Waals surface area contributed by atoms with Gasteiger partial charge in [-0.2, -0.15) is 0 Å². The Morgan fingerprint density at radius 2 is 2.33 bits per heavy atom. The summed E-state index contributed by atoms with van der Waals surface area (Å²) in [6.45, 7) is 1.16. The van der Waals surface area contributed by atoms with E-state index in [1.54, 1.807) is 11.0 Å². The van der Waals surface area contributed by atoms with Gasteiger partial charge in [-0.25, -0.2) is 19.2 Å². The normalized spacial score (nSPS) is 18.0. The Morgan fingerprint density at radius 3 is 3.14 bits per heavy atom. The topological polar surface area (TPSA) is 67.3 Å². The fourth-order valence-corrected chi connectivity index (χ4v) is 2.51. The number of aromatic nitrogens is 2. The Kier molecular flexibility index (Phi) is 3.55. The van der Waals surface area contributed by atoms with Crippen molar-refractivity contribution >= 4 is 22.8 Å². The number of anilines is 1. The molecule has 2 heterocycles. The zero-order valence-electron chi connectivity index (χ0n) is 11.5. The predicted octanol–water partition coefficient (Wildman–Crippen LogP) is 2.02. The Balaban J connectivity index is 1.80. The molecule has 1 N–H and O–H groups in total. The third kappa shape index (κ3) is 2.72. The van der Waals surface area contributed by atoms with Gasteiger partial charge in [-0.15, -0.1) is 0 Å². The summed E-state index contributed by atoms with van der Waals surface area (Å²) in [5, 5.41) is 3.89. The third-order valence-electron chi connectivity index (χ3n) is 3.56. The molecule has 0 spiro atoms. The second-order valence-electron chi connectivity index (χ2n) is 4.93. The van der Waals surface area contributed by atoms with Crippen molar-refractivity contribution in [2.75, 3.05) is 25.5 Å². The fraction of sp³-hybridized carbons (Fsp3) is 0.357. The number of halogens is 1. The highest BCUT2D eigenvalue weighted by Gasteiger charge is 2.27. The van der Waals surface area contributed by atoms with E-state index in [2.05, 4.69) is 15.3 Å². The Labute approximate surface area is 120 Å². The molecular formula is C14H15FN4O2. The number of rotatable bonds is 2. The number of methoxy groups -OCH3 is 1. The average Bonchev–Trinajstić information content (AvgIpc) is 2.95. The molecule has 0 saturated carbocycles. The van der Waals surface area contributed by atoms with Gasteiger partial charge in [-0.3, -0.25) is 0 Å². The third-order valence-corrected chi connectivity index (χ3v) is 3.56. The molecule has 1 amide bonds. The van der Waals surface area contributed by atoms with E-state index >= 15 is 0 Å². The second kappa shape index (κ2) is 5.51. The SMILES string of the molecule is COC(=O)N1CC[C@@H](Nc2ncnc3ccc(F)cc23)C1. The van der Waals surface area contributed by atoms with Crippen LogP contribution in [0, 0.1) is 5.82 Å². The lowest BCUT2D eigenvalue weighted by Gasteiger charge is -2.16. The Bertz CT molecular complexity index is 679. The van der Waals surface area contributed by atoms with Gasteiger partial charge in [0.15, 0.2) is 0 Å². The maximum atomic E-state index is 13.4. The van der Waals surface area contributed by atoms with Crippen LogP contribution in [0.5, 0.6) is 0 Å². The first-order valence-corrected chi connectivity index (χ1v) is 6.67. The number of fused-ring (bicyclic) bond motifs is 1. The molecule has 0 unspecified atom stereocenters. The molecule has 0 radical (unpaired) electrons. The summed E-state index contributed by atoms with van der Waals surface area (Å²) >= 11 is 0. The monoisotopic (exact) mass is 290 g/mol. The highest BCUT2D eigenvalue weighted by Crippen LogP contribution is 2.23. The number of carbonyl (C=O) groups excluding carboxylic acids is 1. The number of hydrogen-bond acceptors (Lipinski definition) is 5. The van der Waals surface area contributed by atoms with Gasteiger partial charge < -0.3 is 15.0 Å². The molecule has 6 nitrogen and oxygen atoms in total. The summed E-state index contributed by atoms with van der Waals surface area (Å²) in [6, 6.07) is 4.45. The zero-order valence-corrected chi connectivity index (χ0v) is 11.5. The van der Waals surface area contributed by atoms with Crippen molar-refractivity contribution in [2.24, 2.45) is 0 Å². The summed E-state index contributed by atoms with van der Waals surface area (Å²) < 4.78 is 18.1. The molecule has 1 aliphatic heterocycles. The van der Waals surface area contributed by atoms with Crippen LogP contribution in [0.25, 0.3) is 10.9 Å². The van der Waals surface area contributed by atoms with E-state index in [1.165, 1.54) is 25.6 Å². The van der Waals surface area contributed by atoms with Crippen LogP contribution in [-0.2, 0) is 4.74 Å². The van der Waals surface area contributed by atoms with Gasteiger partial charge in [0.05, 0.1) is 12.6 Å². The van der Waals surface area contributed by atoms with E-state index < -0.39 is 0 Å². The van der Waals surface area contributed by atoms with Crippen LogP contribution in [0.1, 0.15) is 6.42 Å². The molecule has 1 aromatic heterocycles. The average molecular weight is 290 g/mol. The predicted molar refractivity (Wildman–Crippen MR) is 75.5 cm³/mol. The summed E-state index contributed by atoms with van der Waals surface area (Å²) in [6.07, 6.45) is 1.89. The summed E-state index contributed by atoms with van der Waals surface area (Å²) in [5.41, 5.74) is 0.678. The van der Waals surface area contributed by atoms with Crippen LogP contribution in [0.4, 0.5) is 15.0 Å². The van der Waals surface area contributed by atoms with Crippen LogP contribution >= 0.6 is 0 Å². The quantitative estimate of drug-likeness (QED) is 0.916. The van der Waals surface area contributed by atoms with E-state index in [-0.39, 0.29) is 18.0 Å². The number of amides is 1. The van der Waals surface area contributed by atoms with Gasteiger partial charge in [-0.05, 0) is 24.6 Å². The Morgan fingerprint density at radius 1 is 1.48 bits per heavy atom. The van der Waals surface area contributed by atoms with E-state index in [9.17, 15) is 9.18 Å². The van der Waals surface area contributed by atoms with Crippen LogP contribution < -0.4 is 5.32 Å². The number of likely N-dealkylation sites (tertiary alicyclic amines) is 1. The lowest BCUT2D eigenvalue weighted by Crippen LogP contribution is -2.31. The smallest absolute Gasteiger partial charge is 0.409 e. The minimum Gasteiger partial charge on any atom is -0.453 e. The van der Waals surface area contributed by atoms with Gasteiger partial charge in [0, 0.05) is 24.5 Å². The van der Waals surface area contributed by atoms with Gasteiger partial charge in [0.2, 0.25) is 0 Å². The van der Waals surface area contributed by atoms with Crippen molar-refractivity contribution in [1.82, 2.24) is 14.9 Å². The van der Waals surface area contributed by atoms with Crippen molar-refractivity contribution in [3.63, 3.8) is 0 Å². The number of carbonyl (C=O) groups is 1. The van der Waals surface area contributed by atoms with Crippen molar-refractivity contribution < 1.29 is 13.9 Å². The second-order valence-corrected chi connectivity index (χ2v) is 4.93. The maximum Gasteiger partial charge on any atom is 0.409 e. The first-order chi connectivity index (χ1) is 10.2. The minimum atomic E-state index is -0.335. The molecule has 2 aromatic rings. The molecule has 1 atom stereocenters. The first kappa shape index (κ1) is 13.5. The molecule has 1 aromatic carbocycles. The zero-order chi connectivity index (χ0) is 14.8. The highest BCUT2D eigenvalue weighted by molar-refractivity contribution is 5.88. The van der Waals surface area contributed by atoms with Crippen LogP contribution in [0.3, 0.4) is 0 Å². The molecule has 7 heteroatoms. The van der Waals surface area contributed by atoms with Crippen LogP contribution in [0.2, 0.25) is 0 Å². The van der Waals surface area contributed by atoms with Gasteiger partial charge >= 0.3 is 6.09 Å². The van der Waals surface area contributed by atoms with Crippen LogP contribution in [0.15, 0.2) is 24.5 Å². The standard InChI is InChI=1S/C14H15FN4O2/c1-21-14(20)19-5-4-10(7-19)18-13-11-6-9(15)2-3-12(11)16-8-17-13/h2-3,6,8,10H,4-5,7H2,1H3,(H,16,17,18)/t10-/m1/s1. The fourth-order valence-electron chi connectivity index (χ4n) is 2.51. The van der Waals surface area contributed by atoms with Gasteiger partial charge in [-0.1, -0.05) is 0 Å². The summed E-state index contributed by atoms with van der Waals surface area (Å²) in [4.78, 5) is 21.4. The summed E-state index contributed by atoms with van der Waals surface area (Å²) in [7, 11) is 1.36. The maximum absolute atomic E-state index is 13.4. The lowest BCUT2D eigenvalue weighted by molar-refractivity contribution is 0.133. The molecule has 3 rings (SSSR count). The highest BCUT2D eigenvalue weighted by atomic mass is 19.1. The number of benzene rings is 1. The molecule has 0 bridgehead atoms. The van der Waals surface area contributed by atoms with E-state index in [0.717, 1.165) is 6.42 Å². The number of nitrogens with zero attached hydrogens (tertiary/aromatic N) is 3. The number of hydrogen-bond donors (Lipinski definition) is 1. The Hall–Kier alpha value is -2.44. The van der Waals surface area contributed by atoms with Crippen molar-refractivity contribution in [2.45, 2.75) is 12.5 Å². The van der Waals surface area contributed by atoms with E-state index in [4.69, 9.17) is 4.74 Å². The molecule has 110 valence electrons. The minimum absolute atomic E-state index is 0.0606. The van der Waals surface area contributed by atoms with Gasteiger partial charge in [0.25, 0.3) is 0 Å². The summed E-state index contributed by atoms with van der Waals surface area (Å²) in [5.74, 6) is 0.249. The molecular weight excluding hydrogens is 275 g/mol. The lowest BCUT2D eigenvalue weighted by atomic mass is 10.2. The largest absolute Gasteiger partial charge is 0.453 e. The van der Waals surface area contributed by atoms with Gasteiger partial charge in [0.1, 0.15) is 18.0 Å². The molecule has 21 heavy (non-hydrogen) atoms. The molecule has 0 aliphatic carbocycles. The van der Waals surface area contributed by atoms with Crippen molar-refractivity contribution in [3.05, 3.63) is 30.3 Å². The first-order valence-electron chi connectivity index (χ1n) is 6.67. The molecule has 1 saturated heterocycles. The van der Waals surface area contributed by atoms with E-state index in [0.29, 0.717) is 29.8 Å². The van der Waals surface area contributed by atoms with Crippen molar-refractivity contribution in [1.29, 1.82) is 0 Å². The van der Waals surface area contributed by atoms with Crippen molar-refractivity contribution in [3.8, 4) is 0 Å². The number of nitrogens with one attached hydrogen (secondary N) is 1. The number of ether oxygens (including phenoxy) is 1.